The Hall–Kier alpha value is -3.63. The summed E-state index contributed by atoms with van der Waals surface area (Å²) in [4.78, 5) is 30.9. The summed E-state index contributed by atoms with van der Waals surface area (Å²) in [5.41, 5.74) is 3.17. The Balaban J connectivity index is 1.77. The molecule has 33 heavy (non-hydrogen) atoms. The van der Waals surface area contributed by atoms with Gasteiger partial charge in [-0.2, -0.15) is 5.26 Å². The van der Waals surface area contributed by atoms with Crippen LogP contribution in [0.5, 0.6) is 0 Å². The first-order valence-electron chi connectivity index (χ1n) is 10.8. The Morgan fingerprint density at radius 3 is 2.45 bits per heavy atom. The Labute approximate surface area is 199 Å². The van der Waals surface area contributed by atoms with E-state index in [0.29, 0.717) is 24.3 Å². The van der Waals surface area contributed by atoms with E-state index in [9.17, 15) is 9.59 Å². The number of urea groups is 1. The third-order valence-electron chi connectivity index (χ3n) is 5.30. The van der Waals surface area contributed by atoms with Gasteiger partial charge in [0.15, 0.2) is 0 Å². The van der Waals surface area contributed by atoms with Crippen molar-refractivity contribution in [2.24, 2.45) is 0 Å². The highest BCUT2D eigenvalue weighted by atomic mass is 32.1. The van der Waals surface area contributed by atoms with Crippen molar-refractivity contribution >= 4 is 29.0 Å². The zero-order valence-electron chi connectivity index (χ0n) is 19.1. The van der Waals surface area contributed by atoms with Gasteiger partial charge in [-0.15, -0.1) is 11.3 Å². The van der Waals surface area contributed by atoms with Gasteiger partial charge in [0.1, 0.15) is 6.54 Å². The quantitative estimate of drug-likeness (QED) is 0.489. The maximum absolute atomic E-state index is 13.4. The molecule has 0 spiro atoms. The molecule has 0 atom stereocenters. The molecule has 2 aromatic carbocycles. The molecule has 7 heteroatoms. The standard InChI is InChI=1S/C26H28N4O2S/c1-19(2)30(26(32)28-23-11-7-10-22(14-23)15-27)18-25(31)29(16-21-8-5-4-6-9-21)17-24-20(3)12-13-33-24/h4-14,19H,16-18H2,1-3H3,(H,28,32). The van der Waals surface area contributed by atoms with Crippen LogP contribution in [0.3, 0.4) is 0 Å². The van der Waals surface area contributed by atoms with Crippen LogP contribution < -0.4 is 5.32 Å². The van der Waals surface area contributed by atoms with E-state index in [2.05, 4.69) is 11.4 Å². The molecule has 0 bridgehead atoms. The van der Waals surface area contributed by atoms with Crippen molar-refractivity contribution in [1.82, 2.24) is 9.80 Å². The number of rotatable bonds is 8. The minimum Gasteiger partial charge on any atom is -0.332 e. The van der Waals surface area contributed by atoms with Crippen LogP contribution in [0.2, 0.25) is 0 Å². The Bertz CT molecular complexity index is 1130. The van der Waals surface area contributed by atoms with Gasteiger partial charge < -0.3 is 15.1 Å². The summed E-state index contributed by atoms with van der Waals surface area (Å²) in [5.74, 6) is -0.124. The van der Waals surface area contributed by atoms with E-state index in [4.69, 9.17) is 5.26 Å². The molecule has 3 rings (SSSR count). The minimum absolute atomic E-state index is 0.0430. The number of carbonyl (C=O) groups is 2. The largest absolute Gasteiger partial charge is 0.332 e. The molecule has 170 valence electrons. The highest BCUT2D eigenvalue weighted by Gasteiger charge is 2.24. The molecule has 0 saturated carbocycles. The van der Waals surface area contributed by atoms with Crippen molar-refractivity contribution in [3.63, 3.8) is 0 Å². The van der Waals surface area contributed by atoms with E-state index < -0.39 is 0 Å². The predicted molar refractivity (Wildman–Crippen MR) is 132 cm³/mol. The number of hydrogen-bond donors (Lipinski definition) is 1. The maximum Gasteiger partial charge on any atom is 0.322 e. The molecule has 0 radical (unpaired) electrons. The normalized spacial score (nSPS) is 10.5. The molecular formula is C26H28N4O2S. The van der Waals surface area contributed by atoms with Crippen LogP contribution in [0.1, 0.15) is 35.4 Å². The fourth-order valence-corrected chi connectivity index (χ4v) is 4.29. The molecule has 0 fully saturated rings. The van der Waals surface area contributed by atoms with Crippen LogP contribution in [0.15, 0.2) is 66.0 Å². The van der Waals surface area contributed by atoms with Gasteiger partial charge in [-0.3, -0.25) is 4.79 Å². The number of nitrogens with one attached hydrogen (secondary N) is 1. The third kappa shape index (κ3) is 6.67. The van der Waals surface area contributed by atoms with E-state index in [-0.39, 0.29) is 24.5 Å². The predicted octanol–water partition coefficient (Wildman–Crippen LogP) is 5.40. The van der Waals surface area contributed by atoms with Crippen molar-refractivity contribution in [3.8, 4) is 6.07 Å². The molecule has 6 nitrogen and oxygen atoms in total. The highest BCUT2D eigenvalue weighted by Crippen LogP contribution is 2.20. The molecule has 1 N–H and O–H groups in total. The van der Waals surface area contributed by atoms with Crippen molar-refractivity contribution < 1.29 is 9.59 Å². The van der Waals surface area contributed by atoms with Crippen molar-refractivity contribution in [2.45, 2.75) is 39.9 Å². The zero-order chi connectivity index (χ0) is 23.8. The number of aryl methyl sites for hydroxylation is 1. The lowest BCUT2D eigenvalue weighted by molar-refractivity contribution is -0.133. The van der Waals surface area contributed by atoms with Crippen LogP contribution >= 0.6 is 11.3 Å². The molecule has 0 unspecified atom stereocenters. The number of nitriles is 1. The maximum atomic E-state index is 13.4. The van der Waals surface area contributed by atoms with Crippen LogP contribution in [0, 0.1) is 18.3 Å². The lowest BCUT2D eigenvalue weighted by Gasteiger charge is -2.30. The number of amides is 3. The fourth-order valence-electron chi connectivity index (χ4n) is 3.37. The van der Waals surface area contributed by atoms with Crippen molar-refractivity contribution in [2.75, 3.05) is 11.9 Å². The smallest absolute Gasteiger partial charge is 0.322 e. The number of nitrogens with zero attached hydrogens (tertiary/aromatic N) is 3. The van der Waals surface area contributed by atoms with Gasteiger partial charge >= 0.3 is 6.03 Å². The molecule has 0 aliphatic heterocycles. The van der Waals surface area contributed by atoms with Crippen LogP contribution in [0.4, 0.5) is 10.5 Å². The second-order valence-electron chi connectivity index (χ2n) is 8.11. The molecule has 1 aromatic heterocycles. The first kappa shape index (κ1) is 24.0. The Morgan fingerprint density at radius 2 is 1.82 bits per heavy atom. The average Bonchev–Trinajstić information content (AvgIpc) is 3.21. The topological polar surface area (TPSA) is 76.4 Å². The van der Waals surface area contributed by atoms with Crippen LogP contribution in [-0.4, -0.2) is 34.3 Å². The first-order chi connectivity index (χ1) is 15.9. The molecule has 1 heterocycles. The summed E-state index contributed by atoms with van der Waals surface area (Å²) in [5, 5.41) is 13.9. The first-order valence-corrected chi connectivity index (χ1v) is 11.7. The molecule has 0 aliphatic carbocycles. The summed E-state index contributed by atoms with van der Waals surface area (Å²) in [6.45, 7) is 6.72. The molecular weight excluding hydrogens is 432 g/mol. The summed E-state index contributed by atoms with van der Waals surface area (Å²) in [6, 6.07) is 20.1. The van der Waals surface area contributed by atoms with E-state index in [1.165, 1.54) is 4.90 Å². The number of carbonyl (C=O) groups excluding carboxylic acids is 2. The fraction of sp³-hybridized carbons (Fsp3) is 0.269. The Morgan fingerprint density at radius 1 is 1.06 bits per heavy atom. The molecule has 3 amide bonds. The molecule has 3 aromatic rings. The molecule has 0 aliphatic rings. The van der Waals surface area contributed by atoms with Gasteiger partial charge in [-0.05, 0) is 61.5 Å². The van der Waals surface area contributed by atoms with E-state index in [1.807, 2.05) is 62.5 Å². The lowest BCUT2D eigenvalue weighted by atomic mass is 10.2. The minimum atomic E-state index is -0.375. The molecule has 0 saturated heterocycles. The van der Waals surface area contributed by atoms with Crippen LogP contribution in [-0.2, 0) is 17.9 Å². The van der Waals surface area contributed by atoms with Crippen molar-refractivity contribution in [1.29, 1.82) is 5.26 Å². The highest BCUT2D eigenvalue weighted by molar-refractivity contribution is 7.10. The number of hydrogen-bond acceptors (Lipinski definition) is 4. The second kappa shape index (κ2) is 11.3. The summed E-state index contributed by atoms with van der Waals surface area (Å²) in [7, 11) is 0. The SMILES string of the molecule is Cc1ccsc1CN(Cc1ccccc1)C(=O)CN(C(=O)Nc1cccc(C#N)c1)C(C)C. The Kier molecular flexibility index (Phi) is 8.22. The average molecular weight is 461 g/mol. The summed E-state index contributed by atoms with van der Waals surface area (Å²) >= 11 is 1.63. The number of thiophene rings is 1. The van der Waals surface area contributed by atoms with E-state index in [0.717, 1.165) is 16.0 Å². The number of anilines is 1. The van der Waals surface area contributed by atoms with Gasteiger partial charge in [0.05, 0.1) is 18.2 Å². The summed E-state index contributed by atoms with van der Waals surface area (Å²) in [6.07, 6.45) is 0. The van der Waals surface area contributed by atoms with Gasteiger partial charge in [-0.25, -0.2) is 4.79 Å². The third-order valence-corrected chi connectivity index (χ3v) is 6.31. The van der Waals surface area contributed by atoms with Gasteiger partial charge in [-0.1, -0.05) is 36.4 Å². The van der Waals surface area contributed by atoms with E-state index >= 15 is 0 Å². The van der Waals surface area contributed by atoms with Gasteiger partial charge in [0.25, 0.3) is 0 Å². The van der Waals surface area contributed by atoms with Crippen LogP contribution in [0.25, 0.3) is 0 Å². The van der Waals surface area contributed by atoms with E-state index in [1.54, 1.807) is 40.5 Å². The number of benzene rings is 2. The zero-order valence-corrected chi connectivity index (χ0v) is 19.9. The van der Waals surface area contributed by atoms with Gasteiger partial charge in [0, 0.05) is 23.2 Å². The summed E-state index contributed by atoms with van der Waals surface area (Å²) < 4.78 is 0. The lowest BCUT2D eigenvalue weighted by Crippen LogP contribution is -2.47. The van der Waals surface area contributed by atoms with Gasteiger partial charge in [0.2, 0.25) is 5.91 Å². The second-order valence-corrected chi connectivity index (χ2v) is 9.11. The van der Waals surface area contributed by atoms with Crippen molar-refractivity contribution in [3.05, 3.63) is 87.6 Å². The monoisotopic (exact) mass is 460 g/mol.